The number of halogens is 1. The maximum atomic E-state index is 11.6. The first kappa shape index (κ1) is 13.5. The van der Waals surface area contributed by atoms with Crippen molar-refractivity contribution in [2.24, 2.45) is 0 Å². The van der Waals surface area contributed by atoms with E-state index >= 15 is 0 Å². The van der Waals surface area contributed by atoms with Crippen molar-refractivity contribution in [1.29, 1.82) is 0 Å². The number of anilines is 1. The number of carbonyl (C=O) groups excluding carboxylic acids is 1. The summed E-state index contributed by atoms with van der Waals surface area (Å²) in [5.74, 6) is 0. The summed E-state index contributed by atoms with van der Waals surface area (Å²) >= 11 is 7.08. The maximum Gasteiger partial charge on any atom is 0.411 e. The molecule has 106 valence electrons. The highest BCUT2D eigenvalue weighted by molar-refractivity contribution is 7.22. The fraction of sp³-hybridized carbons (Fsp3) is 0.385. The highest BCUT2D eigenvalue weighted by Crippen LogP contribution is 2.29. The van der Waals surface area contributed by atoms with Crippen LogP contribution in [0.2, 0.25) is 0 Å². The second-order valence-corrected chi connectivity index (χ2v) is 5.68. The molecule has 0 aliphatic carbocycles. The Hall–Kier alpha value is -1.53. The van der Waals surface area contributed by atoms with E-state index in [9.17, 15) is 4.79 Å². The first-order valence-corrected chi connectivity index (χ1v) is 7.71. The van der Waals surface area contributed by atoms with Crippen LogP contribution in [-0.2, 0) is 4.74 Å². The van der Waals surface area contributed by atoms with Crippen LogP contribution in [0, 0.1) is 0 Å². The van der Waals surface area contributed by atoms with Crippen molar-refractivity contribution in [3.05, 3.63) is 24.3 Å². The second-order valence-electron chi connectivity index (χ2n) is 4.46. The number of ether oxygens (including phenoxy) is 1. The van der Waals surface area contributed by atoms with Crippen LogP contribution >= 0.6 is 22.9 Å². The molecule has 0 saturated carbocycles. The van der Waals surface area contributed by atoms with E-state index in [1.165, 1.54) is 4.70 Å². The van der Waals surface area contributed by atoms with Gasteiger partial charge in [-0.1, -0.05) is 35.1 Å². The number of para-hydroxylation sites is 1. The summed E-state index contributed by atoms with van der Waals surface area (Å²) in [7, 11) is 0. The van der Waals surface area contributed by atoms with Crippen LogP contribution in [0.3, 0.4) is 0 Å². The Bertz CT molecular complexity index is 577. The molecule has 2 aromatic rings. The van der Waals surface area contributed by atoms with E-state index in [0.717, 1.165) is 23.7 Å². The Labute approximate surface area is 125 Å². The van der Waals surface area contributed by atoms with Gasteiger partial charge in [0.2, 0.25) is 0 Å². The Morgan fingerprint density at radius 2 is 2.05 bits per heavy atom. The molecule has 0 unspecified atom stereocenters. The van der Waals surface area contributed by atoms with Crippen LogP contribution in [0.15, 0.2) is 24.3 Å². The second kappa shape index (κ2) is 5.85. The minimum atomic E-state index is -0.344. The lowest BCUT2D eigenvalue weighted by Gasteiger charge is -2.33. The highest BCUT2D eigenvalue weighted by atomic mass is 35.5. The van der Waals surface area contributed by atoms with E-state index < -0.39 is 0 Å². The first-order chi connectivity index (χ1) is 9.78. The number of fused-ring (bicyclic) bond motifs is 1. The quantitative estimate of drug-likeness (QED) is 0.800. The molecular formula is C13H14ClN3O2S. The summed E-state index contributed by atoms with van der Waals surface area (Å²) in [5.41, 5.74) is 1.02. The monoisotopic (exact) mass is 311 g/mol. The van der Waals surface area contributed by atoms with E-state index in [1.54, 1.807) is 16.2 Å². The Balaban J connectivity index is 1.67. The van der Waals surface area contributed by atoms with Gasteiger partial charge in [-0.25, -0.2) is 9.78 Å². The van der Waals surface area contributed by atoms with E-state index in [1.807, 2.05) is 18.2 Å². The molecule has 0 bridgehead atoms. The number of thiazole rings is 1. The smallest absolute Gasteiger partial charge is 0.411 e. The average molecular weight is 312 g/mol. The molecular weight excluding hydrogens is 298 g/mol. The molecule has 0 radical (unpaired) electrons. The number of amides is 1. The number of nitrogens with zero attached hydrogens (tertiary/aromatic N) is 3. The molecule has 1 aromatic heterocycles. The molecule has 20 heavy (non-hydrogen) atoms. The van der Waals surface area contributed by atoms with Crippen molar-refractivity contribution in [3.8, 4) is 0 Å². The minimum Gasteiger partial charge on any atom is -0.433 e. The molecule has 1 aliphatic rings. The van der Waals surface area contributed by atoms with Crippen molar-refractivity contribution >= 4 is 44.4 Å². The summed E-state index contributed by atoms with van der Waals surface area (Å²) in [5, 5.41) is 1.01. The molecule has 1 aromatic carbocycles. The van der Waals surface area contributed by atoms with Crippen LogP contribution < -0.4 is 4.90 Å². The third-order valence-corrected chi connectivity index (χ3v) is 4.48. The van der Waals surface area contributed by atoms with E-state index in [-0.39, 0.29) is 12.2 Å². The van der Waals surface area contributed by atoms with Gasteiger partial charge in [0.25, 0.3) is 0 Å². The van der Waals surface area contributed by atoms with Gasteiger partial charge >= 0.3 is 6.09 Å². The number of alkyl halides is 1. The zero-order valence-electron chi connectivity index (χ0n) is 10.8. The minimum absolute atomic E-state index is 0.100. The summed E-state index contributed by atoms with van der Waals surface area (Å²) in [6.07, 6.45) is -0.344. The van der Waals surface area contributed by atoms with Crippen LogP contribution in [-0.4, -0.2) is 48.2 Å². The van der Waals surface area contributed by atoms with Crippen LogP contribution in [0.25, 0.3) is 10.2 Å². The average Bonchev–Trinajstić information content (AvgIpc) is 2.91. The molecule has 1 amide bonds. The van der Waals surface area contributed by atoms with Gasteiger partial charge in [0.15, 0.2) is 11.2 Å². The topological polar surface area (TPSA) is 45.7 Å². The molecule has 1 aliphatic heterocycles. The van der Waals surface area contributed by atoms with Crippen molar-refractivity contribution in [2.75, 3.05) is 37.1 Å². The SMILES string of the molecule is O=C(OCCl)N1CCN(c2nc3ccccc3s2)CC1. The van der Waals surface area contributed by atoms with Gasteiger partial charge in [-0.15, -0.1) is 0 Å². The molecule has 0 atom stereocenters. The number of hydrogen-bond donors (Lipinski definition) is 0. The predicted octanol–water partition coefficient (Wildman–Crippen LogP) is 2.75. The highest BCUT2D eigenvalue weighted by Gasteiger charge is 2.23. The maximum absolute atomic E-state index is 11.6. The Kier molecular flexibility index (Phi) is 3.93. The van der Waals surface area contributed by atoms with Gasteiger partial charge < -0.3 is 14.5 Å². The van der Waals surface area contributed by atoms with Gasteiger partial charge in [-0.3, -0.25) is 0 Å². The Morgan fingerprint density at radius 3 is 2.75 bits per heavy atom. The zero-order chi connectivity index (χ0) is 13.9. The summed E-state index contributed by atoms with van der Waals surface area (Å²) in [4.78, 5) is 20.1. The molecule has 3 rings (SSSR count). The van der Waals surface area contributed by atoms with Crippen molar-refractivity contribution < 1.29 is 9.53 Å². The van der Waals surface area contributed by atoms with Gasteiger partial charge in [-0.05, 0) is 12.1 Å². The fourth-order valence-corrected chi connectivity index (χ4v) is 3.32. The lowest BCUT2D eigenvalue weighted by atomic mass is 10.3. The lowest BCUT2D eigenvalue weighted by Crippen LogP contribution is -2.48. The summed E-state index contributed by atoms with van der Waals surface area (Å²) < 4.78 is 5.98. The third kappa shape index (κ3) is 2.66. The van der Waals surface area contributed by atoms with Crippen molar-refractivity contribution in [1.82, 2.24) is 9.88 Å². The normalized spacial score (nSPS) is 15.7. The number of carbonyl (C=O) groups is 1. The number of aromatic nitrogens is 1. The van der Waals surface area contributed by atoms with Crippen LogP contribution in [0.4, 0.5) is 9.93 Å². The van der Waals surface area contributed by atoms with Gasteiger partial charge in [0.1, 0.15) is 0 Å². The molecule has 0 N–H and O–H groups in total. The molecule has 2 heterocycles. The molecule has 1 saturated heterocycles. The fourth-order valence-electron chi connectivity index (χ4n) is 2.21. The van der Waals surface area contributed by atoms with E-state index in [2.05, 4.69) is 16.0 Å². The molecule has 0 spiro atoms. The van der Waals surface area contributed by atoms with Gasteiger partial charge in [0, 0.05) is 26.2 Å². The zero-order valence-corrected chi connectivity index (χ0v) is 12.4. The lowest BCUT2D eigenvalue weighted by molar-refractivity contribution is 0.115. The number of benzene rings is 1. The van der Waals surface area contributed by atoms with Crippen molar-refractivity contribution in [3.63, 3.8) is 0 Å². The number of rotatable bonds is 2. The van der Waals surface area contributed by atoms with Gasteiger partial charge in [-0.2, -0.15) is 0 Å². The van der Waals surface area contributed by atoms with Crippen LogP contribution in [0.1, 0.15) is 0 Å². The molecule has 1 fully saturated rings. The molecule has 5 nitrogen and oxygen atoms in total. The van der Waals surface area contributed by atoms with Gasteiger partial charge in [0.05, 0.1) is 10.2 Å². The summed E-state index contributed by atoms with van der Waals surface area (Å²) in [6, 6.07) is 8.00. The predicted molar refractivity (Wildman–Crippen MR) is 80.6 cm³/mol. The first-order valence-electron chi connectivity index (χ1n) is 6.36. The van der Waals surface area contributed by atoms with Crippen LogP contribution in [0.5, 0.6) is 0 Å². The molecule has 7 heteroatoms. The number of piperazine rings is 1. The largest absolute Gasteiger partial charge is 0.433 e. The third-order valence-electron chi connectivity index (χ3n) is 3.27. The summed E-state index contributed by atoms with van der Waals surface area (Å²) in [6.45, 7) is 2.78. The van der Waals surface area contributed by atoms with Crippen molar-refractivity contribution in [2.45, 2.75) is 0 Å². The standard InChI is InChI=1S/C13H14ClN3O2S/c14-9-19-13(18)17-7-5-16(6-8-17)12-15-10-3-1-2-4-11(10)20-12/h1-4H,5-9H2. The van der Waals surface area contributed by atoms with E-state index in [4.69, 9.17) is 16.3 Å². The number of hydrogen-bond acceptors (Lipinski definition) is 5. The Morgan fingerprint density at radius 1 is 1.30 bits per heavy atom. The van der Waals surface area contributed by atoms with E-state index in [0.29, 0.717) is 13.1 Å².